The second-order valence-electron chi connectivity index (χ2n) is 7.93. The summed E-state index contributed by atoms with van der Waals surface area (Å²) in [4.78, 5) is 5.04. The van der Waals surface area contributed by atoms with Crippen LogP contribution in [0.5, 0.6) is 0 Å². The molecule has 0 aliphatic carbocycles. The van der Waals surface area contributed by atoms with Crippen LogP contribution in [0.2, 0.25) is 0 Å². The molecular formula is C22H31N5. The highest BCUT2D eigenvalue weighted by atomic mass is 15.3. The molecule has 144 valence electrons. The van der Waals surface area contributed by atoms with Crippen molar-refractivity contribution in [3.63, 3.8) is 0 Å². The minimum atomic E-state index is 0.494. The molecule has 5 heteroatoms. The molecule has 1 aromatic heterocycles. The normalized spacial score (nSPS) is 22.0. The van der Waals surface area contributed by atoms with Crippen molar-refractivity contribution in [2.75, 3.05) is 32.7 Å². The predicted molar refractivity (Wildman–Crippen MR) is 109 cm³/mol. The number of nitrogens with zero attached hydrogens (tertiary/aromatic N) is 5. The van der Waals surface area contributed by atoms with Crippen molar-refractivity contribution in [2.45, 2.75) is 38.1 Å². The average molecular weight is 366 g/mol. The predicted octanol–water partition coefficient (Wildman–Crippen LogP) is 3.30. The fraction of sp³-hybridized carbons (Fsp3) is 0.545. The van der Waals surface area contributed by atoms with Gasteiger partial charge in [0.15, 0.2) is 0 Å². The Balaban J connectivity index is 1.35. The van der Waals surface area contributed by atoms with Crippen molar-refractivity contribution < 1.29 is 0 Å². The number of rotatable bonds is 6. The summed E-state index contributed by atoms with van der Waals surface area (Å²) in [7, 11) is 2.15. The summed E-state index contributed by atoms with van der Waals surface area (Å²) in [5.41, 5.74) is 1.27. The first-order chi connectivity index (χ1) is 13.3. The lowest BCUT2D eigenvalue weighted by Crippen LogP contribution is -2.35. The van der Waals surface area contributed by atoms with E-state index in [4.69, 9.17) is 0 Å². The van der Waals surface area contributed by atoms with Gasteiger partial charge >= 0.3 is 0 Å². The summed E-state index contributed by atoms with van der Waals surface area (Å²) in [6, 6.07) is 10.5. The van der Waals surface area contributed by atoms with E-state index >= 15 is 0 Å². The van der Waals surface area contributed by atoms with Crippen LogP contribution in [0.25, 0.3) is 6.08 Å². The molecule has 0 radical (unpaired) electrons. The first kappa shape index (κ1) is 18.4. The van der Waals surface area contributed by atoms with Gasteiger partial charge in [-0.15, -0.1) is 10.2 Å². The second-order valence-corrected chi connectivity index (χ2v) is 7.93. The zero-order valence-electron chi connectivity index (χ0n) is 16.4. The first-order valence-electron chi connectivity index (χ1n) is 10.3. The molecule has 5 nitrogen and oxygen atoms in total. The Bertz CT molecular complexity index is 745. The van der Waals surface area contributed by atoms with Crippen LogP contribution in [0, 0.1) is 0 Å². The number of hydrogen-bond donors (Lipinski definition) is 0. The average Bonchev–Trinajstić information content (AvgIpc) is 3.34. The first-order valence-corrected chi connectivity index (χ1v) is 10.3. The SMILES string of the molecule is Cn1c(CN2CCCC2)nnc1[C@H]1CCCN(C/C=C/c2ccccc2)C1. The van der Waals surface area contributed by atoms with E-state index in [1.807, 2.05) is 0 Å². The van der Waals surface area contributed by atoms with Crippen LogP contribution >= 0.6 is 0 Å². The largest absolute Gasteiger partial charge is 0.317 e. The molecule has 2 aromatic rings. The van der Waals surface area contributed by atoms with Crippen LogP contribution < -0.4 is 0 Å². The van der Waals surface area contributed by atoms with Crippen LogP contribution in [0.15, 0.2) is 36.4 Å². The van der Waals surface area contributed by atoms with Gasteiger partial charge in [-0.25, -0.2) is 0 Å². The van der Waals surface area contributed by atoms with Gasteiger partial charge in [0.05, 0.1) is 6.54 Å². The van der Waals surface area contributed by atoms with E-state index < -0.39 is 0 Å². The Labute approximate surface area is 162 Å². The maximum absolute atomic E-state index is 4.59. The molecule has 2 saturated heterocycles. The van der Waals surface area contributed by atoms with Crippen molar-refractivity contribution in [2.24, 2.45) is 7.05 Å². The molecular weight excluding hydrogens is 334 g/mol. The summed E-state index contributed by atoms with van der Waals surface area (Å²) >= 11 is 0. The molecule has 2 fully saturated rings. The van der Waals surface area contributed by atoms with E-state index in [-0.39, 0.29) is 0 Å². The highest BCUT2D eigenvalue weighted by molar-refractivity contribution is 5.48. The van der Waals surface area contributed by atoms with Gasteiger partial charge in [-0.05, 0) is 50.9 Å². The van der Waals surface area contributed by atoms with Gasteiger partial charge in [0, 0.05) is 26.1 Å². The summed E-state index contributed by atoms with van der Waals surface area (Å²) < 4.78 is 2.26. The van der Waals surface area contributed by atoms with E-state index in [1.165, 1.54) is 56.7 Å². The number of piperidine rings is 1. The molecule has 1 aromatic carbocycles. The maximum atomic E-state index is 4.59. The lowest BCUT2D eigenvalue weighted by molar-refractivity contribution is 0.221. The summed E-state index contributed by atoms with van der Waals surface area (Å²) in [6.45, 7) is 6.60. The molecule has 0 bridgehead atoms. The monoisotopic (exact) mass is 365 g/mol. The molecule has 4 rings (SSSR count). The van der Waals surface area contributed by atoms with Crippen molar-refractivity contribution in [3.8, 4) is 0 Å². The van der Waals surface area contributed by atoms with Gasteiger partial charge in [0.1, 0.15) is 11.6 Å². The van der Waals surface area contributed by atoms with Gasteiger partial charge in [0.25, 0.3) is 0 Å². The fourth-order valence-corrected chi connectivity index (χ4v) is 4.34. The maximum Gasteiger partial charge on any atom is 0.146 e. The van der Waals surface area contributed by atoms with Gasteiger partial charge in [-0.3, -0.25) is 9.80 Å². The van der Waals surface area contributed by atoms with Crippen molar-refractivity contribution >= 4 is 6.08 Å². The van der Waals surface area contributed by atoms with E-state index in [2.05, 4.69) is 74.1 Å². The molecule has 2 aliphatic rings. The third kappa shape index (κ3) is 4.66. The Morgan fingerprint density at radius 3 is 2.59 bits per heavy atom. The van der Waals surface area contributed by atoms with E-state index in [0.29, 0.717) is 5.92 Å². The lowest BCUT2D eigenvalue weighted by Gasteiger charge is -2.31. The Morgan fingerprint density at radius 2 is 1.78 bits per heavy atom. The number of benzene rings is 1. The van der Waals surface area contributed by atoms with Gasteiger partial charge in [0.2, 0.25) is 0 Å². The molecule has 27 heavy (non-hydrogen) atoms. The fourth-order valence-electron chi connectivity index (χ4n) is 4.34. The summed E-state index contributed by atoms with van der Waals surface area (Å²) in [5.74, 6) is 2.78. The second kappa shape index (κ2) is 8.81. The highest BCUT2D eigenvalue weighted by Crippen LogP contribution is 2.26. The third-order valence-corrected chi connectivity index (χ3v) is 5.91. The number of hydrogen-bond acceptors (Lipinski definition) is 4. The number of aromatic nitrogens is 3. The third-order valence-electron chi connectivity index (χ3n) is 5.91. The number of likely N-dealkylation sites (tertiary alicyclic amines) is 2. The van der Waals surface area contributed by atoms with Crippen LogP contribution in [-0.4, -0.2) is 57.3 Å². The molecule has 0 saturated carbocycles. The smallest absolute Gasteiger partial charge is 0.146 e. The van der Waals surface area contributed by atoms with Crippen molar-refractivity contribution in [1.29, 1.82) is 0 Å². The van der Waals surface area contributed by atoms with Gasteiger partial charge < -0.3 is 4.57 Å². The van der Waals surface area contributed by atoms with Gasteiger partial charge in [-0.1, -0.05) is 42.5 Å². The molecule has 1 atom stereocenters. The topological polar surface area (TPSA) is 37.2 Å². The lowest BCUT2D eigenvalue weighted by atomic mass is 9.97. The Hall–Kier alpha value is -1.98. The molecule has 3 heterocycles. The molecule has 2 aliphatic heterocycles. The Morgan fingerprint density at radius 1 is 1.00 bits per heavy atom. The van der Waals surface area contributed by atoms with Crippen molar-refractivity contribution in [1.82, 2.24) is 24.6 Å². The quantitative estimate of drug-likeness (QED) is 0.787. The highest BCUT2D eigenvalue weighted by Gasteiger charge is 2.26. The standard InChI is InChI=1S/C22H31N5/c1-25-21(18-27-13-5-6-14-27)23-24-22(25)20-12-8-16-26(17-20)15-7-11-19-9-3-2-4-10-19/h2-4,7,9-11,20H,5-6,8,12-18H2,1H3/b11-7+/t20-/m0/s1. The molecule has 0 N–H and O–H groups in total. The van der Waals surface area contributed by atoms with E-state index in [1.54, 1.807) is 0 Å². The van der Waals surface area contributed by atoms with Crippen LogP contribution in [-0.2, 0) is 13.6 Å². The van der Waals surface area contributed by atoms with Crippen LogP contribution in [0.1, 0.15) is 48.8 Å². The minimum absolute atomic E-state index is 0.494. The van der Waals surface area contributed by atoms with E-state index in [0.717, 1.165) is 25.5 Å². The van der Waals surface area contributed by atoms with Crippen LogP contribution in [0.3, 0.4) is 0 Å². The molecule has 0 spiro atoms. The summed E-state index contributed by atoms with van der Waals surface area (Å²) in [5, 5.41) is 9.11. The van der Waals surface area contributed by atoms with Gasteiger partial charge in [-0.2, -0.15) is 0 Å². The van der Waals surface area contributed by atoms with Crippen LogP contribution in [0.4, 0.5) is 0 Å². The molecule has 0 unspecified atom stereocenters. The minimum Gasteiger partial charge on any atom is -0.317 e. The van der Waals surface area contributed by atoms with Crippen molar-refractivity contribution in [3.05, 3.63) is 53.6 Å². The molecule has 0 amide bonds. The summed E-state index contributed by atoms with van der Waals surface area (Å²) in [6.07, 6.45) is 9.59. The Kier molecular flexibility index (Phi) is 6.00. The zero-order valence-corrected chi connectivity index (χ0v) is 16.4. The zero-order chi connectivity index (χ0) is 18.5. The van der Waals surface area contributed by atoms with E-state index in [9.17, 15) is 0 Å².